The average Bonchev–Trinajstić information content (AvgIpc) is 4.09. The first-order chi connectivity index (χ1) is 32.5. The van der Waals surface area contributed by atoms with Crippen molar-refractivity contribution in [2.24, 2.45) is 0 Å². The van der Waals surface area contributed by atoms with E-state index >= 15 is 0 Å². The van der Waals surface area contributed by atoms with Crippen LogP contribution in [0, 0.1) is 0 Å². The lowest BCUT2D eigenvalue weighted by atomic mass is 10.1. The van der Waals surface area contributed by atoms with Crippen molar-refractivity contribution in [1.82, 2.24) is 18.3 Å². The van der Waals surface area contributed by atoms with Gasteiger partial charge in [-0.05, 0) is 111 Å². The van der Waals surface area contributed by atoms with Crippen LogP contribution in [0.3, 0.4) is 0 Å². The van der Waals surface area contributed by atoms with Gasteiger partial charge in [0.2, 0.25) is 0 Å². The minimum absolute atomic E-state index is 1.14. The van der Waals surface area contributed by atoms with Gasteiger partial charge in [-0.25, -0.2) is 0 Å². The van der Waals surface area contributed by atoms with Gasteiger partial charge in [0.05, 0.1) is 44.1 Å². The molecule has 0 spiro atoms. The van der Waals surface area contributed by atoms with Crippen LogP contribution in [0.15, 0.2) is 218 Å². The first kappa shape index (κ1) is 41.9. The largest absolute Gasteiger partial charge is 0.309 e. The summed E-state index contributed by atoms with van der Waals surface area (Å²) >= 11 is 0. The molecule has 322 valence electrons. The Bertz CT molecular complexity index is 3530. The van der Waals surface area contributed by atoms with Crippen LogP contribution < -0.4 is 0 Å². The van der Waals surface area contributed by atoms with Gasteiger partial charge in [-0.15, -0.1) is 6.58 Å². The van der Waals surface area contributed by atoms with Crippen molar-refractivity contribution in [2.45, 2.75) is 41.5 Å². The summed E-state index contributed by atoms with van der Waals surface area (Å²) in [6, 6.07) is 75.4. The van der Waals surface area contributed by atoms with Crippen molar-refractivity contribution in [3.8, 4) is 22.7 Å². The molecule has 66 heavy (non-hydrogen) atoms. The summed E-state index contributed by atoms with van der Waals surface area (Å²) in [5, 5.41) is 10.0. The van der Waals surface area contributed by atoms with Gasteiger partial charge in [-0.1, -0.05) is 142 Å². The summed E-state index contributed by atoms with van der Waals surface area (Å²) in [7, 11) is 0. The lowest BCUT2D eigenvalue weighted by Gasteiger charge is -2.12. The molecule has 13 rings (SSSR count). The van der Waals surface area contributed by atoms with Crippen molar-refractivity contribution >= 4 is 87.2 Å². The molecular formula is C62H54N4. The van der Waals surface area contributed by atoms with Crippen molar-refractivity contribution in [3.63, 3.8) is 0 Å². The molecule has 0 aliphatic rings. The van der Waals surface area contributed by atoms with Crippen LogP contribution in [0.5, 0.6) is 0 Å². The summed E-state index contributed by atoms with van der Waals surface area (Å²) in [5.41, 5.74) is 15.4. The molecule has 0 saturated heterocycles. The molecule has 0 aliphatic heterocycles. The van der Waals surface area contributed by atoms with E-state index in [0.717, 1.165) is 22.7 Å². The molecule has 9 aromatic carbocycles. The molecule has 0 atom stereocenters. The van der Waals surface area contributed by atoms with E-state index in [0.29, 0.717) is 0 Å². The fourth-order valence-corrected chi connectivity index (χ4v) is 9.89. The van der Waals surface area contributed by atoms with Crippen LogP contribution >= 0.6 is 0 Å². The van der Waals surface area contributed by atoms with E-state index in [1.54, 1.807) is 0 Å². The number of hydrogen-bond donors (Lipinski definition) is 0. The Morgan fingerprint density at radius 1 is 0.258 bits per heavy atom. The third kappa shape index (κ3) is 6.76. The first-order valence-corrected chi connectivity index (χ1v) is 23.3. The Labute approximate surface area is 386 Å². The normalized spacial score (nSPS) is 11.2. The summed E-state index contributed by atoms with van der Waals surface area (Å²) in [6.45, 7) is 15.5. The maximum atomic E-state index is 3.56. The Kier molecular flexibility index (Phi) is 11.1. The maximum Gasteiger partial charge on any atom is 0.0548 e. The predicted molar refractivity (Wildman–Crippen MR) is 287 cm³/mol. The highest BCUT2D eigenvalue weighted by molar-refractivity contribution is 6.19. The van der Waals surface area contributed by atoms with Crippen LogP contribution in [0.25, 0.3) is 110 Å². The van der Waals surface area contributed by atoms with E-state index in [4.69, 9.17) is 0 Å². The molecule has 0 radical (unpaired) electrons. The van der Waals surface area contributed by atoms with Gasteiger partial charge < -0.3 is 18.3 Å². The fourth-order valence-electron chi connectivity index (χ4n) is 9.89. The molecule has 0 bridgehead atoms. The molecular weight excluding hydrogens is 801 g/mol. The first-order valence-electron chi connectivity index (χ1n) is 23.3. The zero-order chi connectivity index (χ0) is 45.5. The summed E-state index contributed by atoms with van der Waals surface area (Å²) in [6.07, 6.45) is 0. The van der Waals surface area contributed by atoms with E-state index in [2.05, 4.69) is 231 Å². The van der Waals surface area contributed by atoms with Gasteiger partial charge >= 0.3 is 0 Å². The van der Waals surface area contributed by atoms with Crippen molar-refractivity contribution in [2.75, 3.05) is 0 Å². The summed E-state index contributed by atoms with van der Waals surface area (Å²) in [5.74, 6) is 0. The number of nitrogens with zero attached hydrogens (tertiary/aromatic N) is 4. The summed E-state index contributed by atoms with van der Waals surface area (Å²) < 4.78 is 9.64. The monoisotopic (exact) mass is 854 g/mol. The number of allylic oxidation sites excluding steroid dienone is 1. The molecule has 4 heterocycles. The van der Waals surface area contributed by atoms with E-state index in [-0.39, 0.29) is 0 Å². The van der Waals surface area contributed by atoms with E-state index in [9.17, 15) is 0 Å². The number of fused-ring (bicyclic) bond motifs is 12. The molecule has 4 aromatic heterocycles. The highest BCUT2D eigenvalue weighted by Gasteiger charge is 2.20. The average molecular weight is 855 g/mol. The van der Waals surface area contributed by atoms with Crippen LogP contribution in [0.2, 0.25) is 0 Å². The number of rotatable bonds is 4. The molecule has 0 saturated carbocycles. The zero-order valence-corrected chi connectivity index (χ0v) is 38.6. The SMILES string of the molecule is C=C(C)C.CC.CC.c1ccc2c(c1)c1ccccc1n2-c1ccc(-n2c3ccccc3c3cc4c(cc32)c2ccccc2n4-c2ccc(-n3c4ccccc4c4ccccc43)cc2)cc1. The minimum Gasteiger partial charge on any atom is -0.309 e. The van der Waals surface area contributed by atoms with Gasteiger partial charge in [-0.2, -0.15) is 0 Å². The van der Waals surface area contributed by atoms with Crippen LogP contribution in [-0.2, 0) is 0 Å². The summed E-state index contributed by atoms with van der Waals surface area (Å²) in [4.78, 5) is 0. The molecule has 0 unspecified atom stereocenters. The Morgan fingerprint density at radius 2 is 0.424 bits per heavy atom. The fraction of sp³-hybridized carbons (Fsp3) is 0.0968. The number of hydrogen-bond acceptors (Lipinski definition) is 0. The van der Waals surface area contributed by atoms with E-state index in [1.165, 1.54) is 92.8 Å². The molecule has 13 aromatic rings. The highest BCUT2D eigenvalue weighted by atomic mass is 15.0. The van der Waals surface area contributed by atoms with Gasteiger partial charge in [0.1, 0.15) is 0 Å². The molecule has 0 aliphatic carbocycles. The van der Waals surface area contributed by atoms with Gasteiger partial charge in [0, 0.05) is 65.8 Å². The second kappa shape index (κ2) is 17.5. The van der Waals surface area contributed by atoms with Gasteiger partial charge in [0.15, 0.2) is 0 Å². The number of para-hydroxylation sites is 6. The van der Waals surface area contributed by atoms with Crippen molar-refractivity contribution in [3.05, 3.63) is 218 Å². The van der Waals surface area contributed by atoms with Crippen LogP contribution in [0.4, 0.5) is 0 Å². The smallest absolute Gasteiger partial charge is 0.0548 e. The Balaban J connectivity index is 0.000000602. The Morgan fingerprint density at radius 3 is 0.636 bits per heavy atom. The number of benzene rings is 9. The molecule has 4 nitrogen and oxygen atoms in total. The maximum absolute atomic E-state index is 3.56. The second-order valence-electron chi connectivity index (χ2n) is 16.6. The van der Waals surface area contributed by atoms with Gasteiger partial charge in [-0.3, -0.25) is 0 Å². The molecule has 0 fully saturated rings. The quantitative estimate of drug-likeness (QED) is 0.157. The van der Waals surface area contributed by atoms with Crippen LogP contribution in [-0.4, -0.2) is 18.3 Å². The second-order valence-corrected chi connectivity index (χ2v) is 16.6. The topological polar surface area (TPSA) is 19.7 Å². The zero-order valence-electron chi connectivity index (χ0n) is 38.6. The van der Waals surface area contributed by atoms with E-state index in [1.807, 2.05) is 41.5 Å². The predicted octanol–water partition coefficient (Wildman–Crippen LogP) is 17.7. The molecule has 0 amide bonds. The third-order valence-electron chi connectivity index (χ3n) is 12.4. The minimum atomic E-state index is 1.14. The van der Waals surface area contributed by atoms with Gasteiger partial charge in [0.25, 0.3) is 0 Å². The standard InChI is InChI=1S/C54H34N4.C4H8.2C2H6/c1-7-19-47-39(13-1)40-14-2-8-20-48(40)55(47)35-25-29-37(30-26-35)57-51-23-11-5-17-43(51)45-34-54-46(33-53(45)57)44-18-6-12-24-52(44)58(54)38-31-27-36(28-32-38)56-49-21-9-3-15-41(49)42-16-4-10-22-50(42)56;1-4(2)3;2*1-2/h1-34H;1H2,2-3H3;2*1-2H3. The van der Waals surface area contributed by atoms with E-state index < -0.39 is 0 Å². The lowest BCUT2D eigenvalue weighted by molar-refractivity contribution is 1.14. The van der Waals surface area contributed by atoms with Crippen LogP contribution in [0.1, 0.15) is 41.5 Å². The third-order valence-corrected chi connectivity index (χ3v) is 12.4. The number of aromatic nitrogens is 4. The molecule has 4 heteroatoms. The highest BCUT2D eigenvalue weighted by Crippen LogP contribution is 2.41. The Hall–Kier alpha value is -8.08. The van der Waals surface area contributed by atoms with Crippen molar-refractivity contribution < 1.29 is 0 Å². The molecule has 0 N–H and O–H groups in total. The lowest BCUT2D eigenvalue weighted by Crippen LogP contribution is -1.98. The van der Waals surface area contributed by atoms with Crippen molar-refractivity contribution in [1.29, 1.82) is 0 Å².